The van der Waals surface area contributed by atoms with E-state index >= 15 is 0 Å². The first-order valence-electron chi connectivity index (χ1n) is 7.72. The fourth-order valence-electron chi connectivity index (χ4n) is 2.54. The first-order chi connectivity index (χ1) is 9.88. The third-order valence-electron chi connectivity index (χ3n) is 4.67. The number of nitrogens with two attached hydrogens (primary N) is 1. The molecule has 116 valence electrons. The first-order valence-corrected chi connectivity index (χ1v) is 7.72. The summed E-state index contributed by atoms with van der Waals surface area (Å²) in [6.45, 7) is 8.71. The highest BCUT2D eigenvalue weighted by Gasteiger charge is 2.31. The summed E-state index contributed by atoms with van der Waals surface area (Å²) in [5, 5.41) is 2.94. The minimum absolute atomic E-state index is 0.0711. The lowest BCUT2D eigenvalue weighted by Crippen LogP contribution is -2.51. The molecule has 1 aromatic carbocycles. The Kier molecular flexibility index (Phi) is 4.57. The molecule has 1 aliphatic rings. The van der Waals surface area contributed by atoms with Crippen LogP contribution in [-0.2, 0) is 11.2 Å². The van der Waals surface area contributed by atoms with Gasteiger partial charge in [-0.2, -0.15) is 0 Å². The molecule has 1 unspecified atom stereocenters. The number of benzene rings is 1. The fourth-order valence-corrected chi connectivity index (χ4v) is 2.54. The lowest BCUT2D eigenvalue weighted by atomic mass is 9.94. The van der Waals surface area contributed by atoms with E-state index in [9.17, 15) is 4.79 Å². The number of nitrogens with one attached hydrogen (secondary N) is 1. The molecule has 0 bridgehead atoms. The van der Waals surface area contributed by atoms with Crippen molar-refractivity contribution < 1.29 is 9.53 Å². The maximum atomic E-state index is 12.3. The molecule has 1 heterocycles. The maximum absolute atomic E-state index is 12.3. The molecular formula is C17H26N2O2. The van der Waals surface area contributed by atoms with Gasteiger partial charge in [-0.15, -0.1) is 0 Å². The molecule has 21 heavy (non-hydrogen) atoms. The zero-order valence-corrected chi connectivity index (χ0v) is 13.5. The Bertz CT molecular complexity index is 505. The van der Waals surface area contributed by atoms with E-state index in [1.54, 1.807) is 0 Å². The Morgan fingerprint density at radius 2 is 1.95 bits per heavy atom. The van der Waals surface area contributed by atoms with Crippen molar-refractivity contribution in [3.05, 3.63) is 28.8 Å². The summed E-state index contributed by atoms with van der Waals surface area (Å²) in [5.41, 5.74) is 9.42. The standard InChI is InChI=1S/C17H26N2O2/c1-5-17(18,6-2)10-19-16(20)15-9-13-7-11(3)12(4)8-14(13)21-15/h7-8,15H,5-6,9-10,18H2,1-4H3,(H,19,20). The number of ether oxygens (including phenoxy) is 1. The van der Waals surface area contributed by atoms with Gasteiger partial charge >= 0.3 is 0 Å². The highest BCUT2D eigenvalue weighted by molar-refractivity contribution is 5.82. The van der Waals surface area contributed by atoms with Crippen LogP contribution in [0.3, 0.4) is 0 Å². The molecule has 0 saturated heterocycles. The molecule has 0 aromatic heterocycles. The van der Waals surface area contributed by atoms with Crippen molar-refractivity contribution in [2.75, 3.05) is 6.54 Å². The summed E-state index contributed by atoms with van der Waals surface area (Å²) >= 11 is 0. The number of amides is 1. The molecule has 1 atom stereocenters. The second-order valence-corrected chi connectivity index (χ2v) is 6.14. The van der Waals surface area contributed by atoms with Crippen LogP contribution in [0.5, 0.6) is 5.75 Å². The zero-order valence-electron chi connectivity index (χ0n) is 13.5. The summed E-state index contributed by atoms with van der Waals surface area (Å²) in [4.78, 5) is 12.3. The van der Waals surface area contributed by atoms with Crippen molar-refractivity contribution in [3.8, 4) is 5.75 Å². The predicted octanol–water partition coefficient (Wildman–Crippen LogP) is 2.24. The highest BCUT2D eigenvalue weighted by Crippen LogP contribution is 2.31. The molecule has 1 aliphatic heterocycles. The van der Waals surface area contributed by atoms with Crippen LogP contribution >= 0.6 is 0 Å². The predicted molar refractivity (Wildman–Crippen MR) is 84.5 cm³/mol. The third kappa shape index (κ3) is 3.38. The van der Waals surface area contributed by atoms with E-state index in [0.717, 1.165) is 24.2 Å². The van der Waals surface area contributed by atoms with E-state index in [-0.39, 0.29) is 11.4 Å². The van der Waals surface area contributed by atoms with E-state index in [0.29, 0.717) is 13.0 Å². The Morgan fingerprint density at radius 1 is 1.33 bits per heavy atom. The summed E-state index contributed by atoms with van der Waals surface area (Å²) < 4.78 is 5.78. The number of carbonyl (C=O) groups is 1. The lowest BCUT2D eigenvalue weighted by molar-refractivity contribution is -0.127. The third-order valence-corrected chi connectivity index (χ3v) is 4.67. The quantitative estimate of drug-likeness (QED) is 0.874. The largest absolute Gasteiger partial charge is 0.480 e. The average molecular weight is 290 g/mol. The van der Waals surface area contributed by atoms with Gasteiger partial charge in [-0.3, -0.25) is 4.79 Å². The van der Waals surface area contributed by atoms with Crippen LogP contribution in [0.15, 0.2) is 12.1 Å². The van der Waals surface area contributed by atoms with Crippen molar-refractivity contribution in [1.82, 2.24) is 5.32 Å². The number of fused-ring (bicyclic) bond motifs is 1. The van der Waals surface area contributed by atoms with Crippen LogP contribution in [0.4, 0.5) is 0 Å². The number of carbonyl (C=O) groups excluding carboxylic acids is 1. The normalized spacial score (nSPS) is 17.3. The number of rotatable bonds is 5. The lowest BCUT2D eigenvalue weighted by Gasteiger charge is -2.27. The molecule has 3 N–H and O–H groups in total. The van der Waals surface area contributed by atoms with Gasteiger partial charge in [0.1, 0.15) is 5.75 Å². The Morgan fingerprint density at radius 3 is 2.57 bits per heavy atom. The van der Waals surface area contributed by atoms with Gasteiger partial charge in [0.2, 0.25) is 0 Å². The molecule has 0 fully saturated rings. The van der Waals surface area contributed by atoms with Crippen molar-refractivity contribution >= 4 is 5.91 Å². The minimum atomic E-state index is -0.431. The van der Waals surface area contributed by atoms with Crippen molar-refractivity contribution in [2.24, 2.45) is 5.73 Å². The Balaban J connectivity index is 1.98. The van der Waals surface area contributed by atoms with E-state index in [4.69, 9.17) is 10.5 Å². The van der Waals surface area contributed by atoms with E-state index < -0.39 is 6.10 Å². The summed E-state index contributed by atoms with van der Waals surface area (Å²) in [5.74, 6) is 0.765. The average Bonchev–Trinajstić information content (AvgIpc) is 2.87. The monoisotopic (exact) mass is 290 g/mol. The molecule has 0 aliphatic carbocycles. The molecule has 4 heteroatoms. The van der Waals surface area contributed by atoms with Crippen molar-refractivity contribution in [2.45, 2.75) is 58.6 Å². The molecule has 0 saturated carbocycles. The minimum Gasteiger partial charge on any atom is -0.480 e. The van der Waals surface area contributed by atoms with Crippen LogP contribution in [0.2, 0.25) is 0 Å². The molecule has 1 amide bonds. The zero-order chi connectivity index (χ0) is 15.6. The van der Waals surface area contributed by atoms with E-state index in [1.807, 2.05) is 19.9 Å². The van der Waals surface area contributed by atoms with Gasteiger partial charge in [0, 0.05) is 18.5 Å². The first kappa shape index (κ1) is 15.8. The number of hydrogen-bond donors (Lipinski definition) is 2. The Labute approximate surface area is 127 Å². The summed E-state index contributed by atoms with van der Waals surface area (Å²) in [6.07, 6.45) is 1.89. The van der Waals surface area contributed by atoms with Crippen LogP contribution < -0.4 is 15.8 Å². The number of hydrogen-bond acceptors (Lipinski definition) is 3. The highest BCUT2D eigenvalue weighted by atomic mass is 16.5. The summed E-state index contributed by atoms with van der Waals surface area (Å²) in [7, 11) is 0. The molecular weight excluding hydrogens is 264 g/mol. The van der Waals surface area contributed by atoms with Crippen molar-refractivity contribution in [3.63, 3.8) is 0 Å². The van der Waals surface area contributed by atoms with E-state index in [1.165, 1.54) is 11.1 Å². The molecule has 4 nitrogen and oxygen atoms in total. The summed E-state index contributed by atoms with van der Waals surface area (Å²) in [6, 6.07) is 4.13. The SMILES string of the molecule is CCC(N)(CC)CNC(=O)C1Cc2cc(C)c(C)cc2O1. The molecule has 0 spiro atoms. The van der Waals surface area contributed by atoms with Gasteiger partial charge in [0.05, 0.1) is 0 Å². The second kappa shape index (κ2) is 6.06. The van der Waals surface area contributed by atoms with Gasteiger partial charge in [-0.1, -0.05) is 19.9 Å². The van der Waals surface area contributed by atoms with Crippen LogP contribution in [0.1, 0.15) is 43.4 Å². The van der Waals surface area contributed by atoms with Gasteiger partial charge in [0.15, 0.2) is 6.10 Å². The van der Waals surface area contributed by atoms with E-state index in [2.05, 4.69) is 25.2 Å². The van der Waals surface area contributed by atoms with Crippen LogP contribution in [0.25, 0.3) is 0 Å². The van der Waals surface area contributed by atoms with Crippen molar-refractivity contribution in [1.29, 1.82) is 0 Å². The fraction of sp³-hybridized carbons (Fsp3) is 0.588. The second-order valence-electron chi connectivity index (χ2n) is 6.14. The Hall–Kier alpha value is -1.55. The van der Waals surface area contributed by atoms with Crippen LogP contribution in [0, 0.1) is 13.8 Å². The van der Waals surface area contributed by atoms with Gasteiger partial charge in [0.25, 0.3) is 5.91 Å². The maximum Gasteiger partial charge on any atom is 0.261 e. The topological polar surface area (TPSA) is 64.3 Å². The van der Waals surface area contributed by atoms with Gasteiger partial charge < -0.3 is 15.8 Å². The molecule has 0 radical (unpaired) electrons. The number of aryl methyl sites for hydroxylation is 2. The van der Waals surface area contributed by atoms with Gasteiger partial charge in [-0.05, 0) is 49.4 Å². The molecule has 2 rings (SSSR count). The van der Waals surface area contributed by atoms with Crippen LogP contribution in [-0.4, -0.2) is 24.1 Å². The molecule has 1 aromatic rings. The van der Waals surface area contributed by atoms with Gasteiger partial charge in [-0.25, -0.2) is 0 Å². The smallest absolute Gasteiger partial charge is 0.261 e.